The topological polar surface area (TPSA) is 34.1 Å². The molecule has 0 aliphatic carbocycles. The number of hydrogen-bond donors (Lipinski definition) is 0. The molecule has 2 nitrogen and oxygen atoms in total. The van der Waals surface area contributed by atoms with Crippen molar-refractivity contribution >= 4 is 11.6 Å². The zero-order chi connectivity index (χ0) is 12.1. The highest BCUT2D eigenvalue weighted by Crippen LogP contribution is 2.14. The van der Waals surface area contributed by atoms with Gasteiger partial charge in [0, 0.05) is 23.8 Å². The molecule has 0 saturated heterocycles. The molecule has 1 atom stereocenters. The minimum absolute atomic E-state index is 0.00558. The summed E-state index contributed by atoms with van der Waals surface area (Å²) in [6.07, 6.45) is 0.339. The van der Waals surface area contributed by atoms with E-state index in [2.05, 4.69) is 0 Å². The fraction of sp³-hybridized carbons (Fsp3) is 0.429. The summed E-state index contributed by atoms with van der Waals surface area (Å²) in [5.41, 5.74) is 0.687. The minimum atomic E-state index is -0.225. The van der Waals surface area contributed by atoms with Gasteiger partial charge in [0.1, 0.15) is 5.78 Å². The number of carbonyl (C=O) groups excluding carboxylic acids is 2. The normalized spacial score (nSPS) is 12.5. The van der Waals surface area contributed by atoms with Crippen molar-refractivity contribution in [3.8, 4) is 0 Å². The van der Waals surface area contributed by atoms with E-state index >= 15 is 0 Å². The molecule has 0 aliphatic heterocycles. The van der Waals surface area contributed by atoms with Gasteiger partial charge in [-0.2, -0.15) is 0 Å². The molecule has 1 aromatic rings. The van der Waals surface area contributed by atoms with Gasteiger partial charge in [-0.15, -0.1) is 0 Å². The van der Waals surface area contributed by atoms with Crippen molar-refractivity contribution in [2.75, 3.05) is 0 Å². The Balaban J connectivity index is 2.65. The Hall–Kier alpha value is -1.44. The molecule has 1 aromatic carbocycles. The van der Waals surface area contributed by atoms with E-state index in [1.54, 1.807) is 12.1 Å². The molecule has 0 spiro atoms. The second kappa shape index (κ2) is 5.59. The molecule has 0 bridgehead atoms. The van der Waals surface area contributed by atoms with Crippen LogP contribution in [0.4, 0.5) is 0 Å². The lowest BCUT2D eigenvalue weighted by molar-refractivity contribution is -0.122. The van der Waals surface area contributed by atoms with Crippen LogP contribution in [0.5, 0.6) is 0 Å². The van der Waals surface area contributed by atoms with Crippen molar-refractivity contribution in [3.05, 3.63) is 35.9 Å². The Labute approximate surface area is 96.7 Å². The van der Waals surface area contributed by atoms with Gasteiger partial charge in [-0.1, -0.05) is 51.1 Å². The van der Waals surface area contributed by atoms with Crippen molar-refractivity contribution in [3.63, 3.8) is 0 Å². The van der Waals surface area contributed by atoms with Crippen LogP contribution in [0, 0.1) is 11.8 Å². The Morgan fingerprint density at radius 2 is 1.62 bits per heavy atom. The monoisotopic (exact) mass is 218 g/mol. The zero-order valence-electron chi connectivity index (χ0n) is 10.1. The average Bonchev–Trinajstić information content (AvgIpc) is 2.28. The largest absolute Gasteiger partial charge is 0.299 e. The van der Waals surface area contributed by atoms with Crippen LogP contribution >= 0.6 is 0 Å². The smallest absolute Gasteiger partial charge is 0.166 e. The van der Waals surface area contributed by atoms with Crippen LogP contribution < -0.4 is 0 Å². The summed E-state index contributed by atoms with van der Waals surface area (Å²) in [6, 6.07) is 9.13. The van der Waals surface area contributed by atoms with Gasteiger partial charge in [-0.3, -0.25) is 9.59 Å². The maximum atomic E-state index is 12.0. The standard InChI is InChI=1S/C14H18O2/c1-10(2)13(15)9-11(3)14(16)12-7-5-4-6-8-12/h4-8,10-11H,9H2,1-3H3. The Morgan fingerprint density at radius 1 is 1.06 bits per heavy atom. The maximum absolute atomic E-state index is 12.0. The molecule has 0 amide bonds. The van der Waals surface area contributed by atoms with Crippen LogP contribution in [0.2, 0.25) is 0 Å². The van der Waals surface area contributed by atoms with Gasteiger partial charge >= 0.3 is 0 Å². The van der Waals surface area contributed by atoms with Crippen molar-refractivity contribution in [1.82, 2.24) is 0 Å². The molecule has 2 heteroatoms. The highest BCUT2D eigenvalue weighted by molar-refractivity contribution is 5.99. The molecule has 0 heterocycles. The maximum Gasteiger partial charge on any atom is 0.166 e. The molecule has 0 aliphatic rings. The number of benzene rings is 1. The number of ketones is 2. The second-order valence-corrected chi connectivity index (χ2v) is 4.46. The molecule has 86 valence electrons. The Kier molecular flexibility index (Phi) is 4.41. The summed E-state index contributed by atoms with van der Waals surface area (Å²) >= 11 is 0. The summed E-state index contributed by atoms with van der Waals surface area (Å²) in [5, 5.41) is 0. The van der Waals surface area contributed by atoms with Crippen LogP contribution in [-0.4, -0.2) is 11.6 Å². The van der Waals surface area contributed by atoms with Crippen LogP contribution in [0.3, 0.4) is 0 Å². The van der Waals surface area contributed by atoms with E-state index in [1.807, 2.05) is 39.0 Å². The lowest BCUT2D eigenvalue weighted by atomic mass is 9.91. The summed E-state index contributed by atoms with van der Waals surface area (Å²) in [4.78, 5) is 23.5. The number of rotatable bonds is 5. The molecule has 0 N–H and O–H groups in total. The van der Waals surface area contributed by atoms with E-state index in [4.69, 9.17) is 0 Å². The summed E-state index contributed by atoms with van der Waals surface area (Å²) in [5.74, 6) is -0.0188. The van der Waals surface area contributed by atoms with Gasteiger partial charge in [0.25, 0.3) is 0 Å². The Bertz CT molecular complexity index is 366. The van der Waals surface area contributed by atoms with Gasteiger partial charge in [-0.05, 0) is 0 Å². The van der Waals surface area contributed by atoms with Crippen molar-refractivity contribution in [1.29, 1.82) is 0 Å². The van der Waals surface area contributed by atoms with Gasteiger partial charge in [0.05, 0.1) is 0 Å². The summed E-state index contributed by atoms with van der Waals surface area (Å²) < 4.78 is 0. The number of Topliss-reactive ketones (excluding diaryl/α,β-unsaturated/α-hetero) is 2. The Morgan fingerprint density at radius 3 is 2.12 bits per heavy atom. The summed E-state index contributed by atoms with van der Waals surface area (Å²) in [6.45, 7) is 5.54. The first-order valence-corrected chi connectivity index (χ1v) is 5.64. The fourth-order valence-corrected chi connectivity index (χ4v) is 1.52. The first-order valence-electron chi connectivity index (χ1n) is 5.64. The van der Waals surface area contributed by atoms with Gasteiger partial charge in [0.2, 0.25) is 0 Å². The van der Waals surface area contributed by atoms with E-state index in [0.717, 1.165) is 0 Å². The van der Waals surface area contributed by atoms with E-state index in [1.165, 1.54) is 0 Å². The highest BCUT2D eigenvalue weighted by Gasteiger charge is 2.19. The lowest BCUT2D eigenvalue weighted by Gasteiger charge is -2.11. The minimum Gasteiger partial charge on any atom is -0.299 e. The van der Waals surface area contributed by atoms with Crippen LogP contribution in [-0.2, 0) is 4.79 Å². The quantitative estimate of drug-likeness (QED) is 0.711. The molecule has 16 heavy (non-hydrogen) atoms. The number of carbonyl (C=O) groups is 2. The SMILES string of the molecule is CC(C)C(=O)CC(C)C(=O)c1ccccc1. The van der Waals surface area contributed by atoms with Gasteiger partial charge in [0.15, 0.2) is 5.78 Å². The van der Waals surface area contributed by atoms with E-state index in [0.29, 0.717) is 12.0 Å². The first kappa shape index (κ1) is 12.6. The van der Waals surface area contributed by atoms with Gasteiger partial charge < -0.3 is 0 Å². The summed E-state index contributed by atoms with van der Waals surface area (Å²) in [7, 11) is 0. The molecule has 0 radical (unpaired) electrons. The van der Waals surface area contributed by atoms with Gasteiger partial charge in [-0.25, -0.2) is 0 Å². The van der Waals surface area contributed by atoms with Crippen molar-refractivity contribution in [2.24, 2.45) is 11.8 Å². The zero-order valence-corrected chi connectivity index (χ0v) is 10.1. The molecular weight excluding hydrogens is 200 g/mol. The molecule has 1 rings (SSSR count). The third-order valence-electron chi connectivity index (χ3n) is 2.66. The second-order valence-electron chi connectivity index (χ2n) is 4.46. The third-order valence-corrected chi connectivity index (χ3v) is 2.66. The first-order chi connectivity index (χ1) is 7.52. The number of hydrogen-bond acceptors (Lipinski definition) is 2. The molecule has 0 saturated carbocycles. The average molecular weight is 218 g/mol. The van der Waals surface area contributed by atoms with Crippen LogP contribution in [0.1, 0.15) is 37.6 Å². The van der Waals surface area contributed by atoms with Crippen molar-refractivity contribution < 1.29 is 9.59 Å². The van der Waals surface area contributed by atoms with E-state index < -0.39 is 0 Å². The van der Waals surface area contributed by atoms with Crippen molar-refractivity contribution in [2.45, 2.75) is 27.2 Å². The molecule has 0 fully saturated rings. The predicted molar refractivity (Wildman–Crippen MR) is 64.4 cm³/mol. The third kappa shape index (κ3) is 3.30. The highest BCUT2D eigenvalue weighted by atomic mass is 16.1. The van der Waals surface area contributed by atoms with E-state index in [9.17, 15) is 9.59 Å². The van der Waals surface area contributed by atoms with Crippen LogP contribution in [0.15, 0.2) is 30.3 Å². The van der Waals surface area contributed by atoms with E-state index in [-0.39, 0.29) is 23.4 Å². The molecule has 1 unspecified atom stereocenters. The lowest BCUT2D eigenvalue weighted by Crippen LogP contribution is -2.18. The predicted octanol–water partition coefficient (Wildman–Crippen LogP) is 3.12. The molecular formula is C14H18O2. The fourth-order valence-electron chi connectivity index (χ4n) is 1.52. The van der Waals surface area contributed by atoms with Crippen LogP contribution in [0.25, 0.3) is 0 Å². The molecule has 0 aromatic heterocycles.